The van der Waals surface area contributed by atoms with Crippen molar-refractivity contribution in [2.75, 3.05) is 13.2 Å². The van der Waals surface area contributed by atoms with E-state index in [1.807, 2.05) is 20.8 Å². The molecule has 1 saturated heterocycles. The van der Waals surface area contributed by atoms with Crippen molar-refractivity contribution in [2.45, 2.75) is 39.7 Å². The summed E-state index contributed by atoms with van der Waals surface area (Å²) in [6.45, 7) is 7.26. The average molecular weight is 173 g/mol. The SMILES string of the molecule is CC.CCOC(=O)C1CCCN1. The summed E-state index contributed by atoms with van der Waals surface area (Å²) in [4.78, 5) is 11.0. The molecule has 0 aromatic carbocycles. The van der Waals surface area contributed by atoms with E-state index in [1.165, 1.54) is 0 Å². The minimum absolute atomic E-state index is 0.0278. The van der Waals surface area contributed by atoms with E-state index in [0.717, 1.165) is 19.4 Å². The van der Waals surface area contributed by atoms with Crippen LogP contribution in [0.15, 0.2) is 0 Å². The number of carbonyl (C=O) groups excluding carboxylic acids is 1. The molecule has 0 amide bonds. The predicted octanol–water partition coefficient (Wildman–Crippen LogP) is 1.33. The second-order valence-corrected chi connectivity index (χ2v) is 2.40. The van der Waals surface area contributed by atoms with Crippen LogP contribution in [-0.2, 0) is 9.53 Å². The standard InChI is InChI=1S/C7H13NO2.C2H6/c1-2-10-7(9)6-4-3-5-8-6;1-2/h6,8H,2-5H2,1H3;1-2H3. The van der Waals surface area contributed by atoms with Crippen molar-refractivity contribution in [3.8, 4) is 0 Å². The first kappa shape index (κ1) is 11.4. The fourth-order valence-electron chi connectivity index (χ4n) is 1.13. The number of rotatable bonds is 2. The lowest BCUT2D eigenvalue weighted by molar-refractivity contribution is -0.145. The highest BCUT2D eigenvalue weighted by molar-refractivity contribution is 5.76. The summed E-state index contributed by atoms with van der Waals surface area (Å²) in [6.07, 6.45) is 2.02. The molecule has 0 radical (unpaired) electrons. The first-order valence-electron chi connectivity index (χ1n) is 4.74. The number of carbonyl (C=O) groups is 1. The zero-order chi connectivity index (χ0) is 9.40. The highest BCUT2D eigenvalue weighted by atomic mass is 16.5. The third-order valence-corrected chi connectivity index (χ3v) is 1.63. The topological polar surface area (TPSA) is 38.3 Å². The van der Waals surface area contributed by atoms with E-state index >= 15 is 0 Å². The number of hydrogen-bond donors (Lipinski definition) is 1. The van der Waals surface area contributed by atoms with Gasteiger partial charge in [0.1, 0.15) is 6.04 Å². The molecule has 0 bridgehead atoms. The van der Waals surface area contributed by atoms with Gasteiger partial charge in [0.05, 0.1) is 6.61 Å². The molecule has 1 rings (SSSR count). The monoisotopic (exact) mass is 173 g/mol. The van der Waals surface area contributed by atoms with E-state index in [-0.39, 0.29) is 12.0 Å². The molecular formula is C9H19NO2. The Morgan fingerprint density at radius 1 is 1.58 bits per heavy atom. The van der Waals surface area contributed by atoms with Crippen LogP contribution in [0, 0.1) is 0 Å². The highest BCUT2D eigenvalue weighted by Gasteiger charge is 2.22. The lowest BCUT2D eigenvalue weighted by Crippen LogP contribution is -2.32. The van der Waals surface area contributed by atoms with Crippen molar-refractivity contribution in [3.63, 3.8) is 0 Å². The Morgan fingerprint density at radius 2 is 2.25 bits per heavy atom. The molecule has 1 unspecified atom stereocenters. The summed E-state index contributed by atoms with van der Waals surface area (Å²) in [5, 5.41) is 3.07. The smallest absolute Gasteiger partial charge is 0.323 e. The van der Waals surface area contributed by atoms with Gasteiger partial charge in [-0.1, -0.05) is 13.8 Å². The molecule has 1 fully saturated rings. The number of esters is 1. The van der Waals surface area contributed by atoms with Gasteiger partial charge in [-0.15, -0.1) is 0 Å². The van der Waals surface area contributed by atoms with Crippen LogP contribution in [0.3, 0.4) is 0 Å². The normalized spacial score (nSPS) is 21.1. The fraction of sp³-hybridized carbons (Fsp3) is 0.889. The third-order valence-electron chi connectivity index (χ3n) is 1.63. The van der Waals surface area contributed by atoms with Gasteiger partial charge in [0, 0.05) is 0 Å². The largest absolute Gasteiger partial charge is 0.465 e. The van der Waals surface area contributed by atoms with E-state index in [4.69, 9.17) is 4.74 Å². The Hall–Kier alpha value is -0.570. The fourth-order valence-corrected chi connectivity index (χ4v) is 1.13. The summed E-state index contributed by atoms with van der Waals surface area (Å²) >= 11 is 0. The second-order valence-electron chi connectivity index (χ2n) is 2.40. The maximum Gasteiger partial charge on any atom is 0.323 e. The quantitative estimate of drug-likeness (QED) is 0.640. The van der Waals surface area contributed by atoms with E-state index in [9.17, 15) is 4.79 Å². The molecule has 3 nitrogen and oxygen atoms in total. The lowest BCUT2D eigenvalue weighted by atomic mass is 10.2. The molecule has 0 aromatic heterocycles. The van der Waals surface area contributed by atoms with Gasteiger partial charge < -0.3 is 10.1 Å². The molecule has 0 saturated carbocycles. The molecule has 1 aliphatic rings. The van der Waals surface area contributed by atoms with E-state index in [2.05, 4.69) is 5.32 Å². The Kier molecular flexibility index (Phi) is 6.76. The van der Waals surface area contributed by atoms with Crippen molar-refractivity contribution >= 4 is 5.97 Å². The number of hydrogen-bond acceptors (Lipinski definition) is 3. The average Bonchev–Trinajstić information content (AvgIpc) is 2.60. The van der Waals surface area contributed by atoms with Crippen LogP contribution in [-0.4, -0.2) is 25.2 Å². The molecule has 0 aromatic rings. The van der Waals surface area contributed by atoms with Gasteiger partial charge in [-0.2, -0.15) is 0 Å². The number of ether oxygens (including phenoxy) is 1. The molecule has 1 N–H and O–H groups in total. The highest BCUT2D eigenvalue weighted by Crippen LogP contribution is 2.05. The van der Waals surface area contributed by atoms with Crippen LogP contribution in [0.4, 0.5) is 0 Å². The van der Waals surface area contributed by atoms with Crippen molar-refractivity contribution in [2.24, 2.45) is 0 Å². The van der Waals surface area contributed by atoms with Gasteiger partial charge in [-0.05, 0) is 26.3 Å². The van der Waals surface area contributed by atoms with Crippen LogP contribution in [0.2, 0.25) is 0 Å². The molecule has 72 valence electrons. The summed E-state index contributed by atoms with van der Waals surface area (Å²) < 4.78 is 4.82. The van der Waals surface area contributed by atoms with Gasteiger partial charge in [0.25, 0.3) is 0 Å². The zero-order valence-electron chi connectivity index (χ0n) is 8.22. The lowest BCUT2D eigenvalue weighted by Gasteiger charge is -2.07. The van der Waals surface area contributed by atoms with Crippen LogP contribution in [0.1, 0.15) is 33.6 Å². The van der Waals surface area contributed by atoms with Crippen LogP contribution in [0.25, 0.3) is 0 Å². The first-order chi connectivity index (χ1) is 5.84. The molecule has 3 heteroatoms. The van der Waals surface area contributed by atoms with Gasteiger partial charge >= 0.3 is 5.97 Å². The van der Waals surface area contributed by atoms with Crippen molar-refractivity contribution in [1.29, 1.82) is 0 Å². The summed E-state index contributed by atoms with van der Waals surface area (Å²) in [5.41, 5.74) is 0. The van der Waals surface area contributed by atoms with Crippen molar-refractivity contribution in [1.82, 2.24) is 5.32 Å². The first-order valence-corrected chi connectivity index (χ1v) is 4.74. The molecular weight excluding hydrogens is 154 g/mol. The Labute approximate surface area is 74.5 Å². The zero-order valence-corrected chi connectivity index (χ0v) is 8.22. The minimum Gasteiger partial charge on any atom is -0.465 e. The number of nitrogens with one attached hydrogen (secondary N) is 1. The van der Waals surface area contributed by atoms with Gasteiger partial charge in [0.15, 0.2) is 0 Å². The molecule has 0 spiro atoms. The van der Waals surface area contributed by atoms with Gasteiger partial charge in [0.2, 0.25) is 0 Å². The minimum atomic E-state index is -0.0972. The maximum atomic E-state index is 11.0. The van der Waals surface area contributed by atoms with Gasteiger partial charge in [-0.25, -0.2) is 0 Å². The molecule has 12 heavy (non-hydrogen) atoms. The second kappa shape index (κ2) is 7.10. The van der Waals surface area contributed by atoms with Crippen LogP contribution < -0.4 is 5.32 Å². The van der Waals surface area contributed by atoms with Crippen molar-refractivity contribution < 1.29 is 9.53 Å². The predicted molar refractivity (Wildman–Crippen MR) is 49.0 cm³/mol. The van der Waals surface area contributed by atoms with Crippen LogP contribution >= 0.6 is 0 Å². The van der Waals surface area contributed by atoms with E-state index in [0.29, 0.717) is 6.61 Å². The summed E-state index contributed by atoms with van der Waals surface area (Å²) in [5.74, 6) is -0.0972. The van der Waals surface area contributed by atoms with Crippen LogP contribution in [0.5, 0.6) is 0 Å². The molecule has 1 atom stereocenters. The van der Waals surface area contributed by atoms with Crippen molar-refractivity contribution in [3.05, 3.63) is 0 Å². The van der Waals surface area contributed by atoms with Gasteiger partial charge in [-0.3, -0.25) is 4.79 Å². The Morgan fingerprint density at radius 3 is 2.67 bits per heavy atom. The Balaban J connectivity index is 0.000000561. The molecule has 0 aliphatic carbocycles. The van der Waals surface area contributed by atoms with E-state index < -0.39 is 0 Å². The van der Waals surface area contributed by atoms with E-state index in [1.54, 1.807) is 0 Å². The molecule has 1 heterocycles. The third kappa shape index (κ3) is 3.72. The Bertz CT molecular complexity index is 120. The summed E-state index contributed by atoms with van der Waals surface area (Å²) in [7, 11) is 0. The summed E-state index contributed by atoms with van der Waals surface area (Å²) in [6, 6.07) is -0.0278. The maximum absolute atomic E-state index is 11.0. The molecule has 1 aliphatic heterocycles.